The number of fused-ring (bicyclic) bond motifs is 1. The van der Waals surface area contributed by atoms with Crippen LogP contribution < -0.4 is 10.6 Å². The summed E-state index contributed by atoms with van der Waals surface area (Å²) in [7, 11) is 0. The van der Waals surface area contributed by atoms with Gasteiger partial charge >= 0.3 is 0 Å². The highest BCUT2D eigenvalue weighted by Gasteiger charge is 2.08. The summed E-state index contributed by atoms with van der Waals surface area (Å²) in [6.45, 7) is 1.70. The predicted molar refractivity (Wildman–Crippen MR) is 68.6 cm³/mol. The molecule has 0 bridgehead atoms. The Kier molecular flexibility index (Phi) is 2.41. The van der Waals surface area contributed by atoms with Crippen molar-refractivity contribution in [2.75, 3.05) is 18.4 Å². The SMILES string of the molecule is Clc1cc(NC2=NCCN2)cc2ncsc12. The highest BCUT2D eigenvalue weighted by atomic mass is 35.5. The molecule has 1 aliphatic heterocycles. The maximum atomic E-state index is 6.16. The Morgan fingerprint density at radius 2 is 2.38 bits per heavy atom. The van der Waals surface area contributed by atoms with E-state index in [9.17, 15) is 0 Å². The van der Waals surface area contributed by atoms with Gasteiger partial charge in [-0.2, -0.15) is 0 Å². The summed E-state index contributed by atoms with van der Waals surface area (Å²) < 4.78 is 1.02. The van der Waals surface area contributed by atoms with Crippen LogP contribution in [0.4, 0.5) is 5.69 Å². The molecule has 3 rings (SSSR count). The number of thiazole rings is 1. The molecule has 0 saturated heterocycles. The fourth-order valence-corrected chi connectivity index (χ4v) is 2.64. The van der Waals surface area contributed by atoms with Crippen LogP contribution in [0.3, 0.4) is 0 Å². The van der Waals surface area contributed by atoms with Gasteiger partial charge in [-0.1, -0.05) is 11.6 Å². The summed E-state index contributed by atoms with van der Waals surface area (Å²) in [5.74, 6) is 0.797. The Morgan fingerprint density at radius 1 is 1.44 bits per heavy atom. The quantitative estimate of drug-likeness (QED) is 0.819. The van der Waals surface area contributed by atoms with Crippen LogP contribution in [0, 0.1) is 0 Å². The molecular formula is C10H9ClN4S. The highest BCUT2D eigenvalue weighted by molar-refractivity contribution is 7.17. The summed E-state index contributed by atoms with van der Waals surface area (Å²) in [5, 5.41) is 7.05. The van der Waals surface area contributed by atoms with Gasteiger partial charge in [-0.05, 0) is 12.1 Å². The maximum Gasteiger partial charge on any atom is 0.195 e. The van der Waals surface area contributed by atoms with Crippen molar-refractivity contribution in [1.29, 1.82) is 0 Å². The number of aliphatic imine (C=N–C) groups is 1. The van der Waals surface area contributed by atoms with Crippen molar-refractivity contribution in [3.05, 3.63) is 22.7 Å². The van der Waals surface area contributed by atoms with Crippen molar-refractivity contribution in [2.24, 2.45) is 4.99 Å². The third-order valence-electron chi connectivity index (χ3n) is 2.32. The zero-order valence-electron chi connectivity index (χ0n) is 8.33. The monoisotopic (exact) mass is 252 g/mol. The molecule has 0 unspecified atom stereocenters. The number of nitrogens with zero attached hydrogens (tertiary/aromatic N) is 2. The molecule has 1 aromatic heterocycles. The predicted octanol–water partition coefficient (Wildman–Crippen LogP) is 2.32. The van der Waals surface area contributed by atoms with E-state index in [2.05, 4.69) is 20.6 Å². The van der Waals surface area contributed by atoms with E-state index >= 15 is 0 Å². The van der Waals surface area contributed by atoms with Crippen molar-refractivity contribution in [2.45, 2.75) is 0 Å². The molecule has 82 valence electrons. The third kappa shape index (κ3) is 1.72. The second-order valence-corrected chi connectivity index (χ2v) is 4.70. The van der Waals surface area contributed by atoms with Crippen LogP contribution in [0.1, 0.15) is 0 Å². The number of hydrogen-bond acceptors (Lipinski definition) is 5. The molecule has 0 fully saturated rings. The van der Waals surface area contributed by atoms with Crippen molar-refractivity contribution in [1.82, 2.24) is 10.3 Å². The Morgan fingerprint density at radius 3 is 3.19 bits per heavy atom. The first-order chi connectivity index (χ1) is 7.83. The first-order valence-electron chi connectivity index (χ1n) is 4.91. The summed E-state index contributed by atoms with van der Waals surface area (Å²) >= 11 is 7.71. The summed E-state index contributed by atoms with van der Waals surface area (Å²) in [6.07, 6.45) is 0. The lowest BCUT2D eigenvalue weighted by atomic mass is 10.3. The second-order valence-electron chi connectivity index (χ2n) is 3.44. The van der Waals surface area contributed by atoms with Gasteiger partial charge in [0.15, 0.2) is 5.96 Å². The van der Waals surface area contributed by atoms with Gasteiger partial charge in [0.1, 0.15) is 0 Å². The molecule has 0 saturated carbocycles. The first-order valence-corrected chi connectivity index (χ1v) is 6.17. The van der Waals surface area contributed by atoms with E-state index in [0.717, 1.165) is 40.0 Å². The zero-order chi connectivity index (χ0) is 11.0. The summed E-state index contributed by atoms with van der Waals surface area (Å²) in [6, 6.07) is 3.87. The number of benzene rings is 1. The topological polar surface area (TPSA) is 49.3 Å². The molecule has 1 aromatic carbocycles. The standard InChI is InChI=1S/C10H9ClN4S/c11-7-3-6(15-10-12-1-2-13-10)4-8-9(7)16-5-14-8/h3-5H,1-2H2,(H2,12,13,15). The average Bonchev–Trinajstić information content (AvgIpc) is 2.87. The summed E-state index contributed by atoms with van der Waals surface area (Å²) in [5.41, 5.74) is 3.63. The second kappa shape index (κ2) is 3.92. The van der Waals surface area contributed by atoms with Crippen LogP contribution in [0.25, 0.3) is 10.2 Å². The van der Waals surface area contributed by atoms with Gasteiger partial charge in [0.25, 0.3) is 0 Å². The minimum absolute atomic E-state index is 0.723. The minimum atomic E-state index is 0.723. The molecular weight excluding hydrogens is 244 g/mol. The van der Waals surface area contributed by atoms with E-state index in [-0.39, 0.29) is 0 Å². The highest BCUT2D eigenvalue weighted by Crippen LogP contribution is 2.30. The van der Waals surface area contributed by atoms with Crippen LogP contribution in [-0.4, -0.2) is 24.0 Å². The van der Waals surface area contributed by atoms with E-state index in [0.29, 0.717) is 0 Å². The number of aromatic nitrogens is 1. The van der Waals surface area contributed by atoms with Crippen LogP contribution in [0.2, 0.25) is 5.02 Å². The maximum absolute atomic E-state index is 6.16. The van der Waals surface area contributed by atoms with Crippen LogP contribution >= 0.6 is 22.9 Å². The van der Waals surface area contributed by atoms with Crippen molar-refractivity contribution in [3.63, 3.8) is 0 Å². The number of anilines is 1. The molecule has 1 aliphatic rings. The number of nitrogens with one attached hydrogen (secondary N) is 2. The number of hydrogen-bond donors (Lipinski definition) is 2. The number of guanidine groups is 1. The Hall–Kier alpha value is -1.33. The molecule has 2 aromatic rings. The number of rotatable bonds is 1. The molecule has 16 heavy (non-hydrogen) atoms. The first kappa shape index (κ1) is 9.86. The van der Waals surface area contributed by atoms with Gasteiger partial charge in [-0.15, -0.1) is 11.3 Å². The zero-order valence-corrected chi connectivity index (χ0v) is 9.90. The van der Waals surface area contributed by atoms with Gasteiger partial charge in [0.2, 0.25) is 0 Å². The largest absolute Gasteiger partial charge is 0.354 e. The molecule has 2 heterocycles. The van der Waals surface area contributed by atoms with Gasteiger partial charge in [-0.3, -0.25) is 4.99 Å². The molecule has 0 amide bonds. The summed E-state index contributed by atoms with van der Waals surface area (Å²) in [4.78, 5) is 8.51. The fraction of sp³-hybridized carbons (Fsp3) is 0.200. The van der Waals surface area contributed by atoms with Crippen LogP contribution in [0.5, 0.6) is 0 Å². The van der Waals surface area contributed by atoms with E-state index < -0.39 is 0 Å². The lowest BCUT2D eigenvalue weighted by molar-refractivity contribution is 0.959. The third-order valence-corrected chi connectivity index (χ3v) is 3.61. The molecule has 0 spiro atoms. The average molecular weight is 253 g/mol. The molecule has 0 atom stereocenters. The molecule has 2 N–H and O–H groups in total. The Balaban J connectivity index is 1.97. The van der Waals surface area contributed by atoms with Crippen LogP contribution in [0.15, 0.2) is 22.6 Å². The van der Waals surface area contributed by atoms with Crippen molar-refractivity contribution >= 4 is 44.8 Å². The molecule has 4 nitrogen and oxygen atoms in total. The van der Waals surface area contributed by atoms with E-state index in [1.54, 1.807) is 16.8 Å². The molecule has 0 radical (unpaired) electrons. The van der Waals surface area contributed by atoms with Crippen molar-refractivity contribution < 1.29 is 0 Å². The lowest BCUT2D eigenvalue weighted by Crippen LogP contribution is -2.26. The van der Waals surface area contributed by atoms with Gasteiger partial charge in [0, 0.05) is 12.2 Å². The Labute approximate surface area is 101 Å². The molecule has 6 heteroatoms. The van der Waals surface area contributed by atoms with Gasteiger partial charge < -0.3 is 10.6 Å². The number of halogens is 1. The van der Waals surface area contributed by atoms with E-state index in [4.69, 9.17) is 11.6 Å². The van der Waals surface area contributed by atoms with Gasteiger partial charge in [-0.25, -0.2) is 4.98 Å². The van der Waals surface area contributed by atoms with E-state index in [1.165, 1.54) is 0 Å². The minimum Gasteiger partial charge on any atom is -0.354 e. The lowest BCUT2D eigenvalue weighted by Gasteiger charge is -2.06. The molecule has 0 aliphatic carbocycles. The fourth-order valence-electron chi connectivity index (χ4n) is 1.62. The Bertz CT molecular complexity index is 563. The van der Waals surface area contributed by atoms with Gasteiger partial charge in [0.05, 0.1) is 27.3 Å². The van der Waals surface area contributed by atoms with E-state index in [1.807, 2.05) is 12.1 Å². The normalized spacial score (nSPS) is 14.9. The smallest absolute Gasteiger partial charge is 0.195 e. The van der Waals surface area contributed by atoms with Crippen molar-refractivity contribution in [3.8, 4) is 0 Å². The van der Waals surface area contributed by atoms with Crippen LogP contribution in [-0.2, 0) is 0 Å².